The molecule has 0 spiro atoms. The van der Waals surface area contributed by atoms with Gasteiger partial charge in [0.05, 0.1) is 15.1 Å². The molecule has 24 heavy (non-hydrogen) atoms. The summed E-state index contributed by atoms with van der Waals surface area (Å²) in [5.74, 6) is -0.276. The van der Waals surface area contributed by atoms with Crippen molar-refractivity contribution in [2.24, 2.45) is 5.14 Å². The zero-order chi connectivity index (χ0) is 17.3. The van der Waals surface area contributed by atoms with Crippen molar-refractivity contribution in [2.45, 2.75) is 10.2 Å². The van der Waals surface area contributed by atoms with Crippen molar-refractivity contribution in [1.29, 1.82) is 0 Å². The molecule has 1 heterocycles. The number of halogens is 1. The van der Waals surface area contributed by atoms with Crippen LogP contribution in [0.2, 0.25) is 0 Å². The Hall–Kier alpha value is -1.81. The largest absolute Gasteiger partial charge is 0.298 e. The third-order valence-electron chi connectivity index (χ3n) is 3.28. The number of hydrogen-bond acceptors (Lipinski definition) is 5. The molecule has 0 aliphatic rings. The van der Waals surface area contributed by atoms with Crippen LogP contribution in [0.3, 0.4) is 0 Å². The topological polar surface area (TPSA) is 102 Å². The zero-order valence-corrected chi connectivity index (χ0v) is 15.4. The van der Waals surface area contributed by atoms with Gasteiger partial charge in [-0.2, -0.15) is 0 Å². The van der Waals surface area contributed by atoms with Gasteiger partial charge in [-0.15, -0.1) is 0 Å². The summed E-state index contributed by atoms with van der Waals surface area (Å²) in [5, 5.41) is 8.95. The zero-order valence-electron chi connectivity index (χ0n) is 12.2. The minimum Gasteiger partial charge on any atom is -0.298 e. The number of amides is 1. The van der Waals surface area contributed by atoms with E-state index in [1.807, 2.05) is 12.1 Å². The molecule has 9 heteroatoms. The number of carbonyl (C=O) groups excluding carboxylic acids is 1. The average molecular weight is 426 g/mol. The Balaban J connectivity index is 1.85. The van der Waals surface area contributed by atoms with Gasteiger partial charge in [0.1, 0.15) is 0 Å². The quantitative estimate of drug-likeness (QED) is 0.626. The van der Waals surface area contributed by atoms with Crippen LogP contribution in [-0.2, 0) is 15.4 Å². The predicted molar refractivity (Wildman–Crippen MR) is 98.0 cm³/mol. The molecule has 3 rings (SSSR count). The molecule has 1 aromatic heterocycles. The molecule has 0 aliphatic heterocycles. The van der Waals surface area contributed by atoms with Crippen molar-refractivity contribution in [2.75, 3.05) is 5.32 Å². The van der Waals surface area contributed by atoms with Crippen LogP contribution in [0.15, 0.2) is 47.4 Å². The van der Waals surface area contributed by atoms with Gasteiger partial charge in [0.25, 0.3) is 5.91 Å². The maximum atomic E-state index is 12.2. The lowest BCUT2D eigenvalue weighted by Gasteiger charge is -2.02. The molecule has 1 amide bonds. The highest BCUT2D eigenvalue weighted by Gasteiger charge is 2.13. The summed E-state index contributed by atoms with van der Waals surface area (Å²) < 4.78 is 23.4. The van der Waals surface area contributed by atoms with Gasteiger partial charge in [-0.25, -0.2) is 18.5 Å². The Kier molecular flexibility index (Phi) is 4.68. The van der Waals surface area contributed by atoms with Crippen LogP contribution in [0.1, 0.15) is 15.9 Å². The number of rotatable bonds is 4. The van der Waals surface area contributed by atoms with E-state index in [1.165, 1.54) is 23.5 Å². The van der Waals surface area contributed by atoms with E-state index in [0.29, 0.717) is 20.9 Å². The molecule has 0 saturated carbocycles. The second-order valence-corrected chi connectivity index (χ2v) is 8.13. The summed E-state index contributed by atoms with van der Waals surface area (Å²) in [7, 11) is -3.77. The molecule has 2 aromatic carbocycles. The first-order chi connectivity index (χ1) is 11.4. The maximum Gasteiger partial charge on any atom is 0.257 e. The van der Waals surface area contributed by atoms with E-state index in [0.717, 1.165) is 10.9 Å². The average Bonchev–Trinajstić information content (AvgIpc) is 2.95. The van der Waals surface area contributed by atoms with Gasteiger partial charge in [-0.1, -0.05) is 39.4 Å². The van der Waals surface area contributed by atoms with Crippen molar-refractivity contribution in [3.8, 4) is 0 Å². The number of nitrogens with one attached hydrogen (secondary N) is 1. The van der Waals surface area contributed by atoms with E-state index >= 15 is 0 Å². The van der Waals surface area contributed by atoms with E-state index in [1.54, 1.807) is 18.2 Å². The second-order valence-electron chi connectivity index (χ2n) is 4.98. The van der Waals surface area contributed by atoms with Crippen molar-refractivity contribution < 1.29 is 13.2 Å². The van der Waals surface area contributed by atoms with E-state index in [-0.39, 0.29) is 10.8 Å². The standard InChI is InChI=1S/C15H12BrN3O3S2/c16-8-9-1-3-10(4-2-9)14(20)19-15-18-12-6-5-11(24(17,21)22)7-13(12)23-15/h1-7H,8H2,(H2,17,21,22)(H,18,19,20). The van der Waals surface area contributed by atoms with Gasteiger partial charge < -0.3 is 0 Å². The summed E-state index contributed by atoms with van der Waals surface area (Å²) >= 11 is 4.54. The Morgan fingerprint density at radius 2 is 1.92 bits per heavy atom. The number of anilines is 1. The summed E-state index contributed by atoms with van der Waals surface area (Å²) in [6, 6.07) is 11.6. The van der Waals surface area contributed by atoms with Crippen molar-refractivity contribution in [3.05, 3.63) is 53.6 Å². The lowest BCUT2D eigenvalue weighted by molar-refractivity contribution is 0.102. The SMILES string of the molecule is NS(=O)(=O)c1ccc2nc(NC(=O)c3ccc(CBr)cc3)sc2c1. The van der Waals surface area contributed by atoms with Crippen LogP contribution in [-0.4, -0.2) is 19.3 Å². The Morgan fingerprint density at radius 3 is 2.54 bits per heavy atom. The fourth-order valence-corrected chi connectivity index (χ4v) is 3.94. The first kappa shape index (κ1) is 17.0. The number of sulfonamides is 1. The molecule has 0 saturated heterocycles. The van der Waals surface area contributed by atoms with Gasteiger partial charge in [0.15, 0.2) is 5.13 Å². The third kappa shape index (κ3) is 3.64. The van der Waals surface area contributed by atoms with E-state index < -0.39 is 10.0 Å². The first-order valence-electron chi connectivity index (χ1n) is 6.76. The molecule has 3 aromatic rings. The van der Waals surface area contributed by atoms with E-state index in [4.69, 9.17) is 5.14 Å². The molecular formula is C15H12BrN3O3S2. The summed E-state index contributed by atoms with van der Waals surface area (Å²) in [6.07, 6.45) is 0. The minimum absolute atomic E-state index is 0.0156. The molecule has 0 radical (unpaired) electrons. The van der Waals surface area contributed by atoms with Crippen molar-refractivity contribution >= 4 is 58.5 Å². The monoisotopic (exact) mass is 425 g/mol. The fraction of sp³-hybridized carbons (Fsp3) is 0.0667. The van der Waals surface area contributed by atoms with Crippen LogP contribution in [0.25, 0.3) is 10.2 Å². The number of aromatic nitrogens is 1. The van der Waals surface area contributed by atoms with Gasteiger partial charge in [0.2, 0.25) is 10.0 Å². The number of hydrogen-bond donors (Lipinski definition) is 2. The number of carbonyl (C=O) groups is 1. The number of benzene rings is 2. The molecule has 0 atom stereocenters. The van der Waals surface area contributed by atoms with Crippen LogP contribution < -0.4 is 10.5 Å². The molecular weight excluding hydrogens is 414 g/mol. The number of alkyl halides is 1. The predicted octanol–water partition coefficient (Wildman–Crippen LogP) is 3.09. The van der Waals surface area contributed by atoms with Gasteiger partial charge in [0, 0.05) is 10.9 Å². The van der Waals surface area contributed by atoms with Crippen LogP contribution >= 0.6 is 27.3 Å². The lowest BCUT2D eigenvalue weighted by atomic mass is 10.1. The highest BCUT2D eigenvalue weighted by Crippen LogP contribution is 2.28. The summed E-state index contributed by atoms with van der Waals surface area (Å²) in [4.78, 5) is 16.5. The Morgan fingerprint density at radius 1 is 1.21 bits per heavy atom. The first-order valence-corrected chi connectivity index (χ1v) is 10.2. The Labute approximate surface area is 150 Å². The maximum absolute atomic E-state index is 12.2. The van der Waals surface area contributed by atoms with Crippen LogP contribution in [0.5, 0.6) is 0 Å². The lowest BCUT2D eigenvalue weighted by Crippen LogP contribution is -2.11. The number of thiazole rings is 1. The number of nitrogens with zero attached hydrogens (tertiary/aromatic N) is 1. The molecule has 3 N–H and O–H groups in total. The second kappa shape index (κ2) is 6.60. The van der Waals surface area contributed by atoms with Crippen molar-refractivity contribution in [1.82, 2.24) is 4.98 Å². The molecule has 124 valence electrons. The number of primary sulfonamides is 1. The van der Waals surface area contributed by atoms with Gasteiger partial charge in [-0.3, -0.25) is 10.1 Å². The summed E-state index contributed by atoms with van der Waals surface area (Å²) in [5.41, 5.74) is 2.18. The van der Waals surface area contributed by atoms with Gasteiger partial charge in [-0.05, 0) is 35.9 Å². The number of nitrogens with two attached hydrogens (primary N) is 1. The van der Waals surface area contributed by atoms with Gasteiger partial charge >= 0.3 is 0 Å². The Bertz CT molecular complexity index is 1010. The molecule has 0 fully saturated rings. The molecule has 6 nitrogen and oxygen atoms in total. The highest BCUT2D eigenvalue weighted by atomic mass is 79.9. The normalized spacial score (nSPS) is 11.6. The van der Waals surface area contributed by atoms with E-state index in [2.05, 4.69) is 26.2 Å². The fourth-order valence-electron chi connectivity index (χ4n) is 2.05. The molecule has 0 aliphatic carbocycles. The molecule has 0 bridgehead atoms. The number of fused-ring (bicyclic) bond motifs is 1. The van der Waals surface area contributed by atoms with Crippen LogP contribution in [0.4, 0.5) is 5.13 Å². The van der Waals surface area contributed by atoms with Crippen molar-refractivity contribution in [3.63, 3.8) is 0 Å². The molecule has 0 unspecified atom stereocenters. The highest BCUT2D eigenvalue weighted by molar-refractivity contribution is 9.08. The van der Waals surface area contributed by atoms with E-state index in [9.17, 15) is 13.2 Å². The van der Waals surface area contributed by atoms with Crippen LogP contribution in [0, 0.1) is 0 Å². The summed E-state index contributed by atoms with van der Waals surface area (Å²) in [6.45, 7) is 0. The smallest absolute Gasteiger partial charge is 0.257 e. The third-order valence-corrected chi connectivity index (χ3v) is 5.77. The minimum atomic E-state index is -3.77.